The number of carbonyl (C=O) groups excluding carboxylic acids is 1. The van der Waals surface area contributed by atoms with Crippen molar-refractivity contribution in [2.45, 2.75) is 6.42 Å². The highest BCUT2D eigenvalue weighted by Gasteiger charge is 2.20. The van der Waals surface area contributed by atoms with Crippen LogP contribution in [0.1, 0.15) is 15.9 Å². The SMILES string of the molecule is CN(C)C(=O)c1cc(CCN(C)c2ccccc2)c2oc(N3CCOCC3)cc(=O)c2c1. The van der Waals surface area contributed by atoms with Gasteiger partial charge in [0.15, 0.2) is 11.3 Å². The number of anilines is 2. The lowest BCUT2D eigenvalue weighted by Gasteiger charge is -2.27. The zero-order valence-electron chi connectivity index (χ0n) is 18.8. The molecule has 2 heterocycles. The number of nitrogens with zero attached hydrogens (tertiary/aromatic N) is 3. The first-order valence-corrected chi connectivity index (χ1v) is 10.9. The monoisotopic (exact) mass is 435 g/mol. The van der Waals surface area contributed by atoms with E-state index in [4.69, 9.17) is 9.15 Å². The van der Waals surface area contributed by atoms with E-state index in [1.165, 1.54) is 11.0 Å². The first kappa shape index (κ1) is 21.9. The summed E-state index contributed by atoms with van der Waals surface area (Å²) in [6, 6.07) is 15.1. The molecule has 0 atom stereocenters. The summed E-state index contributed by atoms with van der Waals surface area (Å²) in [7, 11) is 5.44. The Balaban J connectivity index is 1.74. The minimum absolute atomic E-state index is 0.138. The molecule has 0 radical (unpaired) electrons. The van der Waals surface area contributed by atoms with Crippen LogP contribution in [-0.4, -0.2) is 64.8 Å². The molecule has 1 fully saturated rings. The second kappa shape index (κ2) is 9.44. The van der Waals surface area contributed by atoms with Crippen LogP contribution in [0.5, 0.6) is 0 Å². The van der Waals surface area contributed by atoms with Gasteiger partial charge in [-0.1, -0.05) is 18.2 Å². The molecule has 1 amide bonds. The third kappa shape index (κ3) is 4.62. The molecule has 0 spiro atoms. The van der Waals surface area contributed by atoms with Gasteiger partial charge in [-0.2, -0.15) is 0 Å². The van der Waals surface area contributed by atoms with Crippen LogP contribution in [0.25, 0.3) is 11.0 Å². The zero-order chi connectivity index (χ0) is 22.7. The van der Waals surface area contributed by atoms with Crippen molar-refractivity contribution in [2.75, 3.05) is 63.8 Å². The molecule has 1 aliphatic rings. The summed E-state index contributed by atoms with van der Waals surface area (Å²) in [6.07, 6.45) is 0.631. The van der Waals surface area contributed by atoms with Crippen LogP contribution in [0, 0.1) is 0 Å². The van der Waals surface area contributed by atoms with Gasteiger partial charge in [-0.15, -0.1) is 0 Å². The number of morpholine rings is 1. The van der Waals surface area contributed by atoms with Crippen LogP contribution in [0.4, 0.5) is 11.6 Å². The first-order chi connectivity index (χ1) is 15.4. The number of likely N-dealkylation sites (N-methyl/N-ethyl adjacent to an activating group) is 1. The maximum atomic E-state index is 13.0. The second-order valence-corrected chi connectivity index (χ2v) is 8.27. The van der Waals surface area contributed by atoms with Gasteiger partial charge < -0.3 is 23.9 Å². The van der Waals surface area contributed by atoms with Crippen molar-refractivity contribution in [3.63, 3.8) is 0 Å². The molecule has 1 saturated heterocycles. The van der Waals surface area contributed by atoms with Crippen molar-refractivity contribution < 1.29 is 13.9 Å². The van der Waals surface area contributed by atoms with E-state index < -0.39 is 0 Å². The van der Waals surface area contributed by atoms with Crippen LogP contribution >= 0.6 is 0 Å². The predicted molar refractivity (Wildman–Crippen MR) is 127 cm³/mol. The Bertz CT molecular complexity index is 1150. The standard InChI is InChI=1S/C25H29N3O4/c1-26(2)25(30)19-15-18(9-10-27(3)20-7-5-4-6-8-20)24-21(16-19)22(29)17-23(32-24)28-11-13-31-14-12-28/h4-8,15-17H,9-14H2,1-3H3. The fraction of sp³-hybridized carbons (Fsp3) is 0.360. The van der Waals surface area contributed by atoms with Crippen molar-refractivity contribution >= 4 is 28.4 Å². The number of carbonyl (C=O) groups is 1. The van der Waals surface area contributed by atoms with Gasteiger partial charge in [-0.3, -0.25) is 9.59 Å². The van der Waals surface area contributed by atoms with E-state index in [9.17, 15) is 9.59 Å². The number of fused-ring (bicyclic) bond motifs is 1. The molecule has 2 aromatic carbocycles. The van der Waals surface area contributed by atoms with Crippen molar-refractivity contribution in [3.05, 3.63) is 69.9 Å². The smallest absolute Gasteiger partial charge is 0.253 e. The van der Waals surface area contributed by atoms with Crippen LogP contribution in [0.15, 0.2) is 57.7 Å². The minimum Gasteiger partial charge on any atom is -0.440 e. The molecule has 4 rings (SSSR count). The van der Waals surface area contributed by atoms with Crippen molar-refractivity contribution in [1.29, 1.82) is 0 Å². The van der Waals surface area contributed by atoms with E-state index in [0.717, 1.165) is 11.3 Å². The van der Waals surface area contributed by atoms with Crippen molar-refractivity contribution in [3.8, 4) is 0 Å². The third-order valence-electron chi connectivity index (χ3n) is 5.78. The number of hydrogen-bond donors (Lipinski definition) is 0. The Kier molecular flexibility index (Phi) is 6.46. The van der Waals surface area contributed by atoms with Crippen molar-refractivity contribution in [1.82, 2.24) is 4.90 Å². The highest BCUT2D eigenvalue weighted by molar-refractivity contribution is 5.98. The quantitative estimate of drug-likeness (QED) is 0.593. The Morgan fingerprint density at radius 3 is 2.44 bits per heavy atom. The molecular formula is C25H29N3O4. The third-order valence-corrected chi connectivity index (χ3v) is 5.78. The highest BCUT2D eigenvalue weighted by atomic mass is 16.5. The largest absolute Gasteiger partial charge is 0.440 e. The number of amides is 1. The van der Waals surface area contributed by atoms with Crippen molar-refractivity contribution in [2.24, 2.45) is 0 Å². The number of rotatable bonds is 6. The number of benzene rings is 2. The summed E-state index contributed by atoms with van der Waals surface area (Å²) < 4.78 is 11.7. The van der Waals surface area contributed by atoms with Gasteiger partial charge >= 0.3 is 0 Å². The molecule has 1 aliphatic heterocycles. The number of hydrogen-bond acceptors (Lipinski definition) is 6. The molecule has 7 nitrogen and oxygen atoms in total. The van der Waals surface area contributed by atoms with Gasteiger partial charge in [0.25, 0.3) is 5.91 Å². The molecule has 32 heavy (non-hydrogen) atoms. The first-order valence-electron chi connectivity index (χ1n) is 10.9. The molecule has 0 unspecified atom stereocenters. The van der Waals surface area contributed by atoms with Gasteiger partial charge in [0.05, 0.1) is 18.6 Å². The molecular weight excluding hydrogens is 406 g/mol. The van der Waals surface area contributed by atoms with Crippen LogP contribution in [0.3, 0.4) is 0 Å². The molecule has 0 aliphatic carbocycles. The zero-order valence-corrected chi connectivity index (χ0v) is 18.8. The fourth-order valence-electron chi connectivity index (χ4n) is 3.92. The summed E-state index contributed by atoms with van der Waals surface area (Å²) in [5.74, 6) is 0.413. The fourth-order valence-corrected chi connectivity index (χ4v) is 3.92. The Labute approximate surface area is 187 Å². The maximum absolute atomic E-state index is 13.0. The lowest BCUT2D eigenvalue weighted by Crippen LogP contribution is -2.36. The molecule has 0 N–H and O–H groups in total. The predicted octanol–water partition coefficient (Wildman–Crippen LogP) is 3.01. The highest BCUT2D eigenvalue weighted by Crippen LogP contribution is 2.26. The summed E-state index contributed by atoms with van der Waals surface area (Å²) in [6.45, 7) is 3.28. The molecule has 3 aromatic rings. The van der Waals surface area contributed by atoms with E-state index in [-0.39, 0.29) is 11.3 Å². The van der Waals surface area contributed by atoms with E-state index in [2.05, 4.69) is 17.0 Å². The van der Waals surface area contributed by atoms with Gasteiger partial charge in [-0.05, 0) is 36.2 Å². The molecule has 0 bridgehead atoms. The molecule has 0 saturated carbocycles. The summed E-state index contributed by atoms with van der Waals surface area (Å²) in [5, 5.41) is 0.437. The number of para-hydroxylation sites is 1. The normalized spacial score (nSPS) is 13.9. The molecule has 1 aromatic heterocycles. The van der Waals surface area contributed by atoms with Crippen LogP contribution in [-0.2, 0) is 11.2 Å². The molecule has 7 heteroatoms. The Hall–Kier alpha value is -3.32. The topological polar surface area (TPSA) is 66.2 Å². The Morgan fingerprint density at radius 2 is 1.75 bits per heavy atom. The molecule has 168 valence electrons. The maximum Gasteiger partial charge on any atom is 0.253 e. The second-order valence-electron chi connectivity index (χ2n) is 8.27. The van der Waals surface area contributed by atoms with E-state index in [1.54, 1.807) is 20.2 Å². The van der Waals surface area contributed by atoms with Gasteiger partial charge in [0.1, 0.15) is 5.58 Å². The minimum atomic E-state index is -0.140. The average molecular weight is 436 g/mol. The van der Waals surface area contributed by atoms with Crippen LogP contribution < -0.4 is 15.2 Å². The summed E-state index contributed by atoms with van der Waals surface area (Å²) in [5.41, 5.74) is 2.86. The average Bonchev–Trinajstić information content (AvgIpc) is 2.82. The Morgan fingerprint density at radius 1 is 1.03 bits per heavy atom. The lowest BCUT2D eigenvalue weighted by atomic mass is 10.0. The van der Waals surface area contributed by atoms with Gasteiger partial charge in [0.2, 0.25) is 0 Å². The lowest BCUT2D eigenvalue weighted by molar-refractivity contribution is 0.0827. The van der Waals surface area contributed by atoms with Gasteiger partial charge in [-0.25, -0.2) is 0 Å². The summed E-state index contributed by atoms with van der Waals surface area (Å²) in [4.78, 5) is 31.4. The van der Waals surface area contributed by atoms with Crippen LogP contribution in [0.2, 0.25) is 0 Å². The van der Waals surface area contributed by atoms with E-state index >= 15 is 0 Å². The number of ether oxygens (including phenoxy) is 1. The van der Waals surface area contributed by atoms with E-state index in [0.29, 0.717) is 61.7 Å². The van der Waals surface area contributed by atoms with Gasteiger partial charge in [0, 0.05) is 58.1 Å². The van der Waals surface area contributed by atoms with E-state index in [1.807, 2.05) is 36.2 Å². The summed E-state index contributed by atoms with van der Waals surface area (Å²) >= 11 is 0.